The normalized spacial score (nSPS) is 15.8. The molecule has 0 radical (unpaired) electrons. The van der Waals surface area contributed by atoms with Gasteiger partial charge in [0.25, 0.3) is 0 Å². The van der Waals surface area contributed by atoms with Gasteiger partial charge in [0.2, 0.25) is 0 Å². The fourth-order valence-electron chi connectivity index (χ4n) is 3.80. The Kier molecular flexibility index (Phi) is 5.31. The zero-order chi connectivity index (χ0) is 19.5. The van der Waals surface area contributed by atoms with Crippen LogP contribution in [0, 0.1) is 12.7 Å². The minimum Gasteiger partial charge on any atom is -0.493 e. The van der Waals surface area contributed by atoms with Gasteiger partial charge in [-0.15, -0.1) is 0 Å². The van der Waals surface area contributed by atoms with Crippen molar-refractivity contribution in [3.05, 3.63) is 94.3 Å². The van der Waals surface area contributed by atoms with Crippen LogP contribution in [0.1, 0.15) is 33.9 Å². The lowest BCUT2D eigenvalue weighted by Crippen LogP contribution is -2.30. The number of halogens is 1. The van der Waals surface area contributed by atoms with E-state index in [0.29, 0.717) is 12.4 Å². The summed E-state index contributed by atoms with van der Waals surface area (Å²) in [6, 6.07) is 19.3. The summed E-state index contributed by atoms with van der Waals surface area (Å²) < 4.78 is 25.7. The zero-order valence-corrected chi connectivity index (χ0v) is 16.2. The van der Waals surface area contributed by atoms with Gasteiger partial charge in [-0.3, -0.25) is 0 Å². The molecule has 0 fully saturated rings. The lowest BCUT2D eigenvalue weighted by Gasteiger charge is -2.29. The molecule has 0 aliphatic carbocycles. The minimum atomic E-state index is -0.210. The van der Waals surface area contributed by atoms with Crippen molar-refractivity contribution < 1.29 is 13.9 Å². The van der Waals surface area contributed by atoms with Gasteiger partial charge in [-0.2, -0.15) is 0 Å². The summed E-state index contributed by atoms with van der Waals surface area (Å²) in [7, 11) is 1.66. The first-order valence-electron chi connectivity index (χ1n) is 9.52. The van der Waals surface area contributed by atoms with Crippen LogP contribution in [0.15, 0.2) is 60.7 Å². The molecule has 0 bridgehead atoms. The molecule has 1 atom stereocenters. The van der Waals surface area contributed by atoms with Gasteiger partial charge in [0, 0.05) is 6.54 Å². The number of hydrogen-bond acceptors (Lipinski definition) is 3. The first kappa shape index (κ1) is 18.5. The average Bonchev–Trinajstić information content (AvgIpc) is 2.71. The van der Waals surface area contributed by atoms with E-state index in [4.69, 9.17) is 9.47 Å². The van der Waals surface area contributed by atoms with Gasteiger partial charge in [0.05, 0.1) is 13.2 Å². The first-order chi connectivity index (χ1) is 13.6. The molecule has 1 aliphatic heterocycles. The summed E-state index contributed by atoms with van der Waals surface area (Å²) in [5.74, 6) is 1.22. The van der Waals surface area contributed by atoms with Crippen LogP contribution in [0.3, 0.4) is 0 Å². The number of fused-ring (bicyclic) bond motifs is 1. The molecular formula is C24H24FNO2. The molecule has 4 heteroatoms. The van der Waals surface area contributed by atoms with Gasteiger partial charge in [-0.05, 0) is 65.4 Å². The van der Waals surface area contributed by atoms with Crippen molar-refractivity contribution in [2.45, 2.75) is 26.0 Å². The van der Waals surface area contributed by atoms with Crippen molar-refractivity contribution in [3.63, 3.8) is 0 Å². The monoisotopic (exact) mass is 377 g/mol. The highest BCUT2D eigenvalue weighted by atomic mass is 19.1. The van der Waals surface area contributed by atoms with Crippen molar-refractivity contribution in [1.29, 1.82) is 0 Å². The number of aryl methyl sites for hydroxylation is 1. The van der Waals surface area contributed by atoms with Gasteiger partial charge >= 0.3 is 0 Å². The fraction of sp³-hybridized carbons (Fsp3) is 0.250. The second-order valence-electron chi connectivity index (χ2n) is 7.18. The predicted octanol–water partition coefficient (Wildman–Crippen LogP) is 4.96. The van der Waals surface area contributed by atoms with Crippen molar-refractivity contribution in [1.82, 2.24) is 5.32 Å². The molecule has 28 heavy (non-hydrogen) atoms. The van der Waals surface area contributed by atoms with E-state index >= 15 is 0 Å². The summed E-state index contributed by atoms with van der Waals surface area (Å²) in [5, 5.41) is 3.52. The SMILES string of the molecule is COc1cc2c(cc1OCc1ccccc1)C(c1cc(C)cc(F)c1)NCC2. The maximum Gasteiger partial charge on any atom is 0.162 e. The summed E-state index contributed by atoms with van der Waals surface area (Å²) in [6.45, 7) is 3.21. The molecule has 144 valence electrons. The van der Waals surface area contributed by atoms with E-state index in [1.807, 2.05) is 49.4 Å². The summed E-state index contributed by atoms with van der Waals surface area (Å²) in [4.78, 5) is 0. The Bertz CT molecular complexity index is 952. The number of nitrogens with one attached hydrogen (secondary N) is 1. The van der Waals surface area contributed by atoms with E-state index in [0.717, 1.165) is 41.0 Å². The molecule has 1 heterocycles. The Labute approximate surface area is 165 Å². The van der Waals surface area contributed by atoms with Gasteiger partial charge in [0.15, 0.2) is 11.5 Å². The lowest BCUT2D eigenvalue weighted by molar-refractivity contribution is 0.283. The first-order valence-corrected chi connectivity index (χ1v) is 9.52. The summed E-state index contributed by atoms with van der Waals surface area (Å²) in [5.41, 5.74) is 5.25. The smallest absolute Gasteiger partial charge is 0.162 e. The van der Waals surface area contributed by atoms with Crippen LogP contribution in [0.4, 0.5) is 4.39 Å². The third-order valence-corrected chi connectivity index (χ3v) is 5.11. The predicted molar refractivity (Wildman–Crippen MR) is 108 cm³/mol. The maximum absolute atomic E-state index is 14.0. The van der Waals surface area contributed by atoms with Gasteiger partial charge in [-0.1, -0.05) is 36.4 Å². The largest absolute Gasteiger partial charge is 0.493 e. The van der Waals surface area contributed by atoms with Crippen LogP contribution in [0.2, 0.25) is 0 Å². The third kappa shape index (κ3) is 3.87. The number of benzene rings is 3. The van der Waals surface area contributed by atoms with Crippen LogP contribution >= 0.6 is 0 Å². The van der Waals surface area contributed by atoms with E-state index in [1.54, 1.807) is 19.2 Å². The van der Waals surface area contributed by atoms with Gasteiger partial charge < -0.3 is 14.8 Å². The Morgan fingerprint density at radius 2 is 1.86 bits per heavy atom. The van der Waals surface area contributed by atoms with Gasteiger partial charge in [-0.25, -0.2) is 4.39 Å². The highest BCUT2D eigenvalue weighted by Crippen LogP contribution is 2.38. The van der Waals surface area contributed by atoms with E-state index < -0.39 is 0 Å². The molecule has 3 aromatic carbocycles. The zero-order valence-electron chi connectivity index (χ0n) is 16.2. The second kappa shape index (κ2) is 8.03. The Morgan fingerprint density at radius 3 is 2.61 bits per heavy atom. The van der Waals surface area contributed by atoms with Gasteiger partial charge in [0.1, 0.15) is 12.4 Å². The average molecular weight is 377 g/mol. The van der Waals surface area contributed by atoms with Crippen molar-refractivity contribution >= 4 is 0 Å². The van der Waals surface area contributed by atoms with Crippen LogP contribution in [0.5, 0.6) is 11.5 Å². The third-order valence-electron chi connectivity index (χ3n) is 5.11. The van der Waals surface area contributed by atoms with E-state index in [1.165, 1.54) is 5.56 Å². The molecule has 1 aliphatic rings. The standard InChI is InChI=1S/C24H24FNO2/c1-16-10-19(12-20(25)11-16)24-21-14-23(28-15-17-6-4-3-5-7-17)22(27-2)13-18(21)8-9-26-24/h3-7,10-14,24,26H,8-9,15H2,1-2H3. The molecule has 0 spiro atoms. The summed E-state index contributed by atoms with van der Waals surface area (Å²) in [6.07, 6.45) is 0.898. The number of methoxy groups -OCH3 is 1. The van der Waals surface area contributed by atoms with Crippen LogP contribution in [0.25, 0.3) is 0 Å². The Balaban J connectivity index is 1.69. The quantitative estimate of drug-likeness (QED) is 0.682. The van der Waals surface area contributed by atoms with Crippen LogP contribution in [-0.2, 0) is 13.0 Å². The number of rotatable bonds is 5. The molecule has 4 rings (SSSR count). The summed E-state index contributed by atoms with van der Waals surface area (Å²) >= 11 is 0. The highest BCUT2D eigenvalue weighted by Gasteiger charge is 2.24. The molecule has 1 N–H and O–H groups in total. The Morgan fingerprint density at radius 1 is 1.04 bits per heavy atom. The molecule has 0 amide bonds. The molecule has 3 aromatic rings. The highest BCUT2D eigenvalue weighted by molar-refractivity contribution is 5.52. The van der Waals surface area contributed by atoms with E-state index in [2.05, 4.69) is 11.4 Å². The maximum atomic E-state index is 14.0. The number of hydrogen-bond donors (Lipinski definition) is 1. The molecule has 0 saturated heterocycles. The van der Waals surface area contributed by atoms with Crippen LogP contribution < -0.4 is 14.8 Å². The van der Waals surface area contributed by atoms with Crippen molar-refractivity contribution in [3.8, 4) is 11.5 Å². The molecular weight excluding hydrogens is 353 g/mol. The second-order valence-corrected chi connectivity index (χ2v) is 7.18. The molecule has 1 unspecified atom stereocenters. The molecule has 0 saturated carbocycles. The minimum absolute atomic E-state index is 0.0665. The lowest BCUT2D eigenvalue weighted by atomic mass is 9.89. The number of ether oxygens (including phenoxy) is 2. The van der Waals surface area contributed by atoms with E-state index in [-0.39, 0.29) is 11.9 Å². The van der Waals surface area contributed by atoms with Crippen molar-refractivity contribution in [2.24, 2.45) is 0 Å². The fourth-order valence-corrected chi connectivity index (χ4v) is 3.80. The van der Waals surface area contributed by atoms with Crippen molar-refractivity contribution in [2.75, 3.05) is 13.7 Å². The van der Waals surface area contributed by atoms with Crippen LogP contribution in [-0.4, -0.2) is 13.7 Å². The topological polar surface area (TPSA) is 30.5 Å². The Hall–Kier alpha value is -2.85. The molecule has 3 nitrogen and oxygen atoms in total. The molecule has 0 aromatic heterocycles. The van der Waals surface area contributed by atoms with E-state index in [9.17, 15) is 4.39 Å².